The van der Waals surface area contributed by atoms with Crippen LogP contribution in [0.2, 0.25) is 0 Å². The van der Waals surface area contributed by atoms with E-state index in [9.17, 15) is 9.59 Å². The van der Waals surface area contributed by atoms with Gasteiger partial charge in [-0.25, -0.2) is 4.98 Å². The van der Waals surface area contributed by atoms with Crippen molar-refractivity contribution in [3.05, 3.63) is 47.0 Å². The molecule has 1 aromatic carbocycles. The predicted molar refractivity (Wildman–Crippen MR) is 95.1 cm³/mol. The first-order valence-corrected chi connectivity index (χ1v) is 8.86. The summed E-state index contributed by atoms with van der Waals surface area (Å²) in [6.45, 7) is 2.82. The summed E-state index contributed by atoms with van der Waals surface area (Å²) in [5, 5.41) is 4.17. The highest BCUT2D eigenvalue weighted by atomic mass is 32.1. The molecule has 1 fully saturated rings. The van der Waals surface area contributed by atoms with Gasteiger partial charge in [-0.15, -0.1) is 11.3 Å². The average molecular weight is 342 g/mol. The lowest BCUT2D eigenvalue weighted by atomic mass is 9.97. The van der Waals surface area contributed by atoms with Crippen LogP contribution in [0.1, 0.15) is 45.1 Å². The molecule has 5 nitrogen and oxygen atoms in total. The Kier molecular flexibility index (Phi) is 5.06. The molecule has 1 saturated heterocycles. The zero-order valence-electron chi connectivity index (χ0n) is 13.5. The van der Waals surface area contributed by atoms with E-state index in [1.807, 2.05) is 13.0 Å². The number of nitrogens with two attached hydrogens (primary N) is 1. The maximum absolute atomic E-state index is 12.7. The van der Waals surface area contributed by atoms with E-state index in [1.165, 1.54) is 11.3 Å². The molecule has 3 rings (SSSR count). The summed E-state index contributed by atoms with van der Waals surface area (Å²) in [4.78, 5) is 29.3. The molecule has 2 heterocycles. The van der Waals surface area contributed by atoms with Crippen molar-refractivity contribution in [3.8, 4) is 10.4 Å². The maximum atomic E-state index is 12.7. The first-order valence-electron chi connectivity index (χ1n) is 8.05. The van der Waals surface area contributed by atoms with Crippen molar-refractivity contribution in [3.63, 3.8) is 0 Å². The summed E-state index contributed by atoms with van der Waals surface area (Å²) in [7, 11) is 0. The molecule has 0 aliphatic carbocycles. The Balaban J connectivity index is 1.88. The smallest absolute Gasteiger partial charge is 0.248 e. The quantitative estimate of drug-likeness (QED) is 0.818. The Morgan fingerprint density at radius 3 is 2.92 bits per heavy atom. The monoisotopic (exact) mass is 342 g/mol. The molecular weight excluding hydrogens is 322 g/mol. The Labute approximate surface area is 145 Å². The molecule has 2 aromatic rings. The normalized spacial score (nSPS) is 17.6. The van der Waals surface area contributed by atoms with Gasteiger partial charge >= 0.3 is 0 Å². The van der Waals surface area contributed by atoms with Crippen LogP contribution in [0.5, 0.6) is 0 Å². The van der Waals surface area contributed by atoms with Gasteiger partial charge in [0.25, 0.3) is 0 Å². The highest BCUT2D eigenvalue weighted by Crippen LogP contribution is 2.32. The Bertz CT molecular complexity index is 763. The van der Waals surface area contributed by atoms with Gasteiger partial charge in [0, 0.05) is 11.6 Å². The van der Waals surface area contributed by atoms with E-state index in [0.29, 0.717) is 11.3 Å². The summed E-state index contributed by atoms with van der Waals surface area (Å²) in [5.41, 5.74) is 7.03. The minimum atomic E-state index is -0.482. The number of thiazole rings is 1. The number of rotatable bonds is 5. The van der Waals surface area contributed by atoms with Gasteiger partial charge in [0.1, 0.15) is 5.69 Å². The molecule has 0 saturated carbocycles. The van der Waals surface area contributed by atoms with Crippen molar-refractivity contribution in [2.75, 3.05) is 6.54 Å². The number of nitrogens with one attached hydrogen (secondary N) is 1. The number of Topliss-reactive ketones (excluding diaryl/α,β-unsaturated/α-hetero) is 1. The second-order valence-corrected chi connectivity index (χ2v) is 7.15. The van der Waals surface area contributed by atoms with Crippen LogP contribution in [0.15, 0.2) is 24.3 Å². The summed E-state index contributed by atoms with van der Waals surface area (Å²) in [6, 6.07) is 7.13. The molecule has 1 aromatic heterocycles. The molecule has 1 aliphatic heterocycles. The summed E-state index contributed by atoms with van der Waals surface area (Å²) >= 11 is 1.45. The molecule has 1 atom stereocenters. The van der Waals surface area contributed by atoms with Crippen molar-refractivity contribution >= 4 is 23.0 Å². The number of aryl methyl sites for hydroxylation is 1. The van der Waals surface area contributed by atoms with Crippen molar-refractivity contribution in [1.29, 1.82) is 0 Å². The minimum Gasteiger partial charge on any atom is -0.366 e. The van der Waals surface area contributed by atoms with Crippen LogP contribution in [0.4, 0.5) is 0 Å². The zero-order chi connectivity index (χ0) is 17.1. The first-order chi connectivity index (χ1) is 11.5. The van der Waals surface area contributed by atoms with E-state index in [-0.39, 0.29) is 11.8 Å². The van der Waals surface area contributed by atoms with Crippen molar-refractivity contribution in [1.82, 2.24) is 10.3 Å². The third-order valence-electron chi connectivity index (χ3n) is 4.08. The van der Waals surface area contributed by atoms with Crippen LogP contribution in [0.25, 0.3) is 10.4 Å². The Morgan fingerprint density at radius 1 is 1.38 bits per heavy atom. The Hall–Kier alpha value is -2.05. The fourth-order valence-corrected chi connectivity index (χ4v) is 3.81. The van der Waals surface area contributed by atoms with Crippen LogP contribution >= 0.6 is 11.3 Å². The van der Waals surface area contributed by atoms with Crippen LogP contribution in [0.3, 0.4) is 0 Å². The molecular formula is C18H20N3O2S. The summed E-state index contributed by atoms with van der Waals surface area (Å²) in [5.74, 6) is -0.554. The van der Waals surface area contributed by atoms with Gasteiger partial charge in [-0.1, -0.05) is 18.6 Å². The number of carbonyl (C=O) groups is 2. The lowest BCUT2D eigenvalue weighted by molar-refractivity contribution is 0.0996. The largest absolute Gasteiger partial charge is 0.366 e. The third kappa shape index (κ3) is 3.71. The number of piperidine rings is 1. The maximum Gasteiger partial charge on any atom is 0.248 e. The van der Waals surface area contributed by atoms with Crippen LogP contribution in [-0.4, -0.2) is 29.3 Å². The molecule has 1 radical (unpaired) electrons. The van der Waals surface area contributed by atoms with Gasteiger partial charge < -0.3 is 11.1 Å². The predicted octanol–water partition coefficient (Wildman–Crippen LogP) is 2.75. The van der Waals surface area contributed by atoms with E-state index in [1.54, 1.807) is 24.6 Å². The first kappa shape index (κ1) is 16.8. The molecule has 24 heavy (non-hydrogen) atoms. The molecule has 125 valence electrons. The average Bonchev–Trinajstić information content (AvgIpc) is 2.98. The Morgan fingerprint density at radius 2 is 2.21 bits per heavy atom. The lowest BCUT2D eigenvalue weighted by Gasteiger charge is -2.22. The number of nitrogens with zero attached hydrogens (tertiary/aromatic N) is 1. The standard InChI is InChI=1S/C18H20N3O2S/c1-11-21-16(15(22)10-14-7-2-3-8-20-14)17(24-11)12-5-4-6-13(9-12)18(19)23/h4-6,9-10,14,20H,2-3,7-8H2,1H3,(H2,19,23). The number of benzene rings is 1. The molecule has 6 heteroatoms. The lowest BCUT2D eigenvalue weighted by Crippen LogP contribution is -2.36. The van der Waals surface area contributed by atoms with E-state index in [0.717, 1.165) is 41.3 Å². The SMILES string of the molecule is Cc1nc(C(=O)[CH]C2CCCCN2)c(-c2cccc(C(N)=O)c2)s1. The number of carbonyl (C=O) groups excluding carboxylic acids is 2. The molecule has 0 bridgehead atoms. The van der Waals surface area contributed by atoms with Gasteiger partial charge in [-0.3, -0.25) is 9.59 Å². The second-order valence-electron chi connectivity index (χ2n) is 5.94. The molecule has 1 amide bonds. The van der Waals surface area contributed by atoms with Gasteiger partial charge in [0.15, 0.2) is 5.78 Å². The number of ketones is 1. The summed E-state index contributed by atoms with van der Waals surface area (Å²) < 4.78 is 0. The molecule has 3 N–H and O–H groups in total. The number of primary amides is 1. The number of hydrogen-bond donors (Lipinski definition) is 2. The van der Waals surface area contributed by atoms with Gasteiger partial charge in [0.2, 0.25) is 5.91 Å². The molecule has 0 spiro atoms. The second kappa shape index (κ2) is 7.23. The third-order valence-corrected chi connectivity index (χ3v) is 5.10. The van der Waals surface area contributed by atoms with E-state index in [2.05, 4.69) is 10.3 Å². The van der Waals surface area contributed by atoms with E-state index >= 15 is 0 Å². The number of hydrogen-bond acceptors (Lipinski definition) is 5. The van der Waals surface area contributed by atoms with E-state index < -0.39 is 5.91 Å². The number of aromatic nitrogens is 1. The zero-order valence-corrected chi connectivity index (χ0v) is 14.4. The van der Waals surface area contributed by atoms with Gasteiger partial charge in [-0.2, -0.15) is 0 Å². The van der Waals surface area contributed by atoms with Crippen molar-refractivity contribution in [2.24, 2.45) is 5.73 Å². The van der Waals surface area contributed by atoms with Gasteiger partial charge in [0.05, 0.1) is 16.3 Å². The topological polar surface area (TPSA) is 85.1 Å². The highest BCUT2D eigenvalue weighted by molar-refractivity contribution is 7.15. The fraction of sp³-hybridized carbons (Fsp3) is 0.333. The van der Waals surface area contributed by atoms with Gasteiger partial charge in [-0.05, 0) is 44.0 Å². The van der Waals surface area contributed by atoms with Crippen LogP contribution in [0, 0.1) is 13.3 Å². The van der Waals surface area contributed by atoms with Crippen molar-refractivity contribution in [2.45, 2.75) is 32.2 Å². The molecule has 1 unspecified atom stereocenters. The molecule has 1 aliphatic rings. The number of amides is 1. The van der Waals surface area contributed by atoms with Crippen LogP contribution in [-0.2, 0) is 0 Å². The fourth-order valence-electron chi connectivity index (χ4n) is 2.89. The minimum absolute atomic E-state index is 0.0711. The van der Waals surface area contributed by atoms with Crippen LogP contribution < -0.4 is 11.1 Å². The summed E-state index contributed by atoms with van der Waals surface area (Å²) in [6.07, 6.45) is 4.99. The highest BCUT2D eigenvalue weighted by Gasteiger charge is 2.23. The van der Waals surface area contributed by atoms with E-state index in [4.69, 9.17) is 5.73 Å². The van der Waals surface area contributed by atoms with Crippen molar-refractivity contribution < 1.29 is 9.59 Å².